The number of likely N-dealkylation sites (N-methyl/N-ethyl adjacent to an activating group) is 1. The fourth-order valence-electron chi connectivity index (χ4n) is 1.78. The van der Waals surface area contributed by atoms with Crippen molar-refractivity contribution < 1.29 is 19.4 Å². The van der Waals surface area contributed by atoms with Crippen LogP contribution in [0.4, 0.5) is 0 Å². The van der Waals surface area contributed by atoms with E-state index >= 15 is 0 Å². The third kappa shape index (κ3) is 3.46. The molecule has 1 atom stereocenters. The Kier molecular flexibility index (Phi) is 4.70. The van der Waals surface area contributed by atoms with Crippen LogP contribution >= 0.6 is 0 Å². The van der Waals surface area contributed by atoms with Gasteiger partial charge in [0.1, 0.15) is 0 Å². The fraction of sp³-hybridized carbons (Fsp3) is 0.800. The van der Waals surface area contributed by atoms with E-state index < -0.39 is 5.97 Å². The Hall–Kier alpha value is -1.14. The number of hydrogen-bond acceptors (Lipinski definition) is 4. The van der Waals surface area contributed by atoms with Crippen LogP contribution in [-0.4, -0.2) is 73.2 Å². The number of carboxylic acids is 1. The first-order valence-electron chi connectivity index (χ1n) is 5.23. The van der Waals surface area contributed by atoms with E-state index in [0.717, 1.165) is 0 Å². The van der Waals surface area contributed by atoms with Gasteiger partial charge in [0.2, 0.25) is 5.91 Å². The molecule has 1 aliphatic rings. The number of carboxylic acid groups (broad SMARTS) is 1. The first-order chi connectivity index (χ1) is 7.54. The van der Waals surface area contributed by atoms with Crippen molar-refractivity contribution in [3.8, 4) is 0 Å². The molecule has 0 saturated carbocycles. The lowest BCUT2D eigenvalue weighted by Gasteiger charge is -2.38. The van der Waals surface area contributed by atoms with Gasteiger partial charge in [0.15, 0.2) is 0 Å². The van der Waals surface area contributed by atoms with Crippen molar-refractivity contribution in [3.63, 3.8) is 0 Å². The molecule has 1 fully saturated rings. The van der Waals surface area contributed by atoms with Gasteiger partial charge < -0.3 is 14.7 Å². The van der Waals surface area contributed by atoms with Crippen LogP contribution in [0.25, 0.3) is 0 Å². The van der Waals surface area contributed by atoms with Crippen molar-refractivity contribution in [2.75, 3.05) is 40.4 Å². The van der Waals surface area contributed by atoms with Gasteiger partial charge in [-0.25, -0.2) is 0 Å². The normalized spacial score (nSPS) is 22.5. The van der Waals surface area contributed by atoms with Crippen molar-refractivity contribution in [2.45, 2.75) is 12.5 Å². The number of amides is 1. The van der Waals surface area contributed by atoms with Gasteiger partial charge >= 0.3 is 5.97 Å². The Labute approximate surface area is 94.8 Å². The van der Waals surface area contributed by atoms with E-state index in [1.807, 2.05) is 0 Å². The van der Waals surface area contributed by atoms with E-state index in [1.165, 1.54) is 0 Å². The molecule has 1 saturated heterocycles. The number of piperazine rings is 1. The maximum Gasteiger partial charge on any atom is 0.305 e. The molecule has 0 aliphatic carbocycles. The quantitative estimate of drug-likeness (QED) is 0.673. The second kappa shape index (κ2) is 5.81. The fourth-order valence-corrected chi connectivity index (χ4v) is 1.78. The van der Waals surface area contributed by atoms with Crippen LogP contribution in [0, 0.1) is 0 Å². The van der Waals surface area contributed by atoms with Crippen LogP contribution in [0.1, 0.15) is 6.42 Å². The summed E-state index contributed by atoms with van der Waals surface area (Å²) in [5.74, 6) is -0.806. The lowest BCUT2D eigenvalue weighted by atomic mass is 10.1. The lowest BCUT2D eigenvalue weighted by Crippen LogP contribution is -2.55. The highest BCUT2D eigenvalue weighted by Gasteiger charge is 2.30. The molecule has 1 heterocycles. The predicted molar refractivity (Wildman–Crippen MR) is 57.1 cm³/mol. The summed E-state index contributed by atoms with van der Waals surface area (Å²) in [6, 6.07) is -0.105. The zero-order valence-electron chi connectivity index (χ0n) is 9.68. The zero-order chi connectivity index (χ0) is 12.1. The molecule has 1 amide bonds. The minimum Gasteiger partial charge on any atom is -0.481 e. The van der Waals surface area contributed by atoms with Crippen LogP contribution in [0.2, 0.25) is 0 Å². The molecular weight excluding hydrogens is 212 g/mol. The summed E-state index contributed by atoms with van der Waals surface area (Å²) in [7, 11) is 3.36. The van der Waals surface area contributed by atoms with Crippen LogP contribution < -0.4 is 0 Å². The average Bonchev–Trinajstić information content (AvgIpc) is 2.20. The largest absolute Gasteiger partial charge is 0.481 e. The Bertz CT molecular complexity index is 270. The molecule has 0 aromatic heterocycles. The second-order valence-corrected chi connectivity index (χ2v) is 4.00. The average molecular weight is 230 g/mol. The zero-order valence-corrected chi connectivity index (χ0v) is 9.68. The molecule has 1 unspecified atom stereocenters. The van der Waals surface area contributed by atoms with Crippen LogP contribution in [-0.2, 0) is 14.3 Å². The van der Waals surface area contributed by atoms with Gasteiger partial charge in [-0.3, -0.25) is 14.5 Å². The lowest BCUT2D eigenvalue weighted by molar-refractivity contribution is -0.144. The van der Waals surface area contributed by atoms with Crippen molar-refractivity contribution in [3.05, 3.63) is 0 Å². The Morgan fingerprint density at radius 2 is 2.31 bits per heavy atom. The molecule has 92 valence electrons. The summed E-state index contributed by atoms with van der Waals surface area (Å²) < 4.78 is 4.91. The highest BCUT2D eigenvalue weighted by Crippen LogP contribution is 2.11. The first kappa shape index (κ1) is 12.9. The Balaban J connectivity index is 2.53. The number of carbonyl (C=O) groups excluding carboxylic acids is 1. The summed E-state index contributed by atoms with van der Waals surface area (Å²) in [5, 5.41) is 8.76. The number of hydrogen-bond donors (Lipinski definition) is 1. The van der Waals surface area contributed by atoms with Crippen molar-refractivity contribution >= 4 is 11.9 Å². The Morgan fingerprint density at radius 1 is 1.62 bits per heavy atom. The van der Waals surface area contributed by atoms with E-state index in [9.17, 15) is 9.59 Å². The predicted octanol–water partition coefficient (Wildman–Crippen LogP) is -0.750. The highest BCUT2D eigenvalue weighted by atomic mass is 16.5. The highest BCUT2D eigenvalue weighted by molar-refractivity contribution is 5.79. The number of carbonyl (C=O) groups is 2. The van der Waals surface area contributed by atoms with E-state index in [2.05, 4.69) is 0 Å². The van der Waals surface area contributed by atoms with Gasteiger partial charge in [0.25, 0.3) is 0 Å². The van der Waals surface area contributed by atoms with Crippen molar-refractivity contribution in [1.29, 1.82) is 0 Å². The molecule has 0 radical (unpaired) electrons. The van der Waals surface area contributed by atoms with Gasteiger partial charge in [-0.1, -0.05) is 0 Å². The molecule has 16 heavy (non-hydrogen) atoms. The van der Waals surface area contributed by atoms with E-state index in [4.69, 9.17) is 9.84 Å². The summed E-state index contributed by atoms with van der Waals surface area (Å²) in [6.07, 6.45) is 0.0628. The third-order valence-electron chi connectivity index (χ3n) is 2.77. The maximum absolute atomic E-state index is 11.6. The maximum atomic E-state index is 11.6. The van der Waals surface area contributed by atoms with E-state index in [1.54, 1.807) is 24.0 Å². The molecule has 1 aliphatic heterocycles. The summed E-state index contributed by atoms with van der Waals surface area (Å²) in [5.41, 5.74) is 0. The molecule has 6 heteroatoms. The first-order valence-corrected chi connectivity index (χ1v) is 5.23. The van der Waals surface area contributed by atoms with E-state index in [-0.39, 0.29) is 24.9 Å². The number of aliphatic carboxylic acids is 1. The second-order valence-electron chi connectivity index (χ2n) is 4.00. The van der Waals surface area contributed by atoms with Crippen LogP contribution in [0.3, 0.4) is 0 Å². The van der Waals surface area contributed by atoms with Gasteiger partial charge in [0, 0.05) is 26.2 Å². The number of nitrogens with zero attached hydrogens (tertiary/aromatic N) is 2. The molecule has 0 aromatic carbocycles. The molecule has 0 bridgehead atoms. The van der Waals surface area contributed by atoms with Crippen molar-refractivity contribution in [2.24, 2.45) is 0 Å². The Morgan fingerprint density at radius 3 is 2.88 bits per heavy atom. The minimum absolute atomic E-state index is 0.0289. The monoisotopic (exact) mass is 230 g/mol. The number of rotatable bonds is 5. The van der Waals surface area contributed by atoms with Crippen molar-refractivity contribution in [1.82, 2.24) is 9.80 Å². The summed E-state index contributed by atoms with van der Waals surface area (Å²) in [6.45, 7) is 1.75. The summed E-state index contributed by atoms with van der Waals surface area (Å²) >= 11 is 0. The van der Waals surface area contributed by atoms with Gasteiger partial charge in [-0.05, 0) is 7.05 Å². The smallest absolute Gasteiger partial charge is 0.305 e. The number of ether oxygens (including phenoxy) is 1. The third-order valence-corrected chi connectivity index (χ3v) is 2.77. The van der Waals surface area contributed by atoms with Crippen LogP contribution in [0.5, 0.6) is 0 Å². The topological polar surface area (TPSA) is 70.1 Å². The molecule has 0 aromatic rings. The van der Waals surface area contributed by atoms with Crippen LogP contribution in [0.15, 0.2) is 0 Å². The SMILES string of the molecule is COCCN1CC(CC(=O)O)N(C)CC1=O. The molecule has 0 spiro atoms. The standard InChI is InChI=1S/C10H18N2O4/c1-11-7-9(13)12(3-4-16-2)6-8(11)5-10(14)15/h8H,3-7H2,1-2H3,(H,14,15). The summed E-state index contributed by atoms with van der Waals surface area (Å²) in [4.78, 5) is 25.7. The minimum atomic E-state index is -0.835. The van der Waals surface area contributed by atoms with E-state index in [0.29, 0.717) is 19.7 Å². The number of methoxy groups -OCH3 is 1. The van der Waals surface area contributed by atoms with Gasteiger partial charge in [-0.2, -0.15) is 0 Å². The molecule has 1 N–H and O–H groups in total. The molecule has 1 rings (SSSR count). The molecule has 6 nitrogen and oxygen atoms in total. The van der Waals surface area contributed by atoms with Gasteiger partial charge in [0.05, 0.1) is 19.6 Å². The van der Waals surface area contributed by atoms with Gasteiger partial charge in [-0.15, -0.1) is 0 Å². The molecular formula is C10H18N2O4.